The van der Waals surface area contributed by atoms with Gasteiger partial charge in [-0.05, 0) is 19.9 Å². The average molecular weight is 181 g/mol. The van der Waals surface area contributed by atoms with Crippen molar-refractivity contribution in [1.29, 1.82) is 0 Å². The Balaban J connectivity index is 1.79. The van der Waals surface area contributed by atoms with E-state index in [1.165, 1.54) is 58.3 Å². The molecule has 0 amide bonds. The number of hydrogen-bond donors (Lipinski definition) is 0. The third-order valence-corrected chi connectivity index (χ3v) is 3.38. The van der Waals surface area contributed by atoms with Crippen molar-refractivity contribution in [2.45, 2.75) is 32.1 Å². The fraction of sp³-hybridized carbons (Fsp3) is 0.909. The summed E-state index contributed by atoms with van der Waals surface area (Å²) in [5.74, 6) is 0. The van der Waals surface area contributed by atoms with Crippen LogP contribution < -0.4 is 0 Å². The molecule has 1 aliphatic heterocycles. The molecule has 1 radical (unpaired) electrons. The molecule has 75 valence electrons. The van der Waals surface area contributed by atoms with E-state index in [0.29, 0.717) is 0 Å². The summed E-state index contributed by atoms with van der Waals surface area (Å²) < 4.78 is 0. The summed E-state index contributed by atoms with van der Waals surface area (Å²) in [7, 11) is 2.23. The predicted molar refractivity (Wildman–Crippen MR) is 55.4 cm³/mol. The monoisotopic (exact) mass is 181 g/mol. The zero-order chi connectivity index (χ0) is 9.10. The molecule has 0 unspecified atom stereocenters. The van der Waals surface area contributed by atoms with Crippen LogP contribution in [0.25, 0.3) is 0 Å². The molecule has 0 aromatic heterocycles. The predicted octanol–water partition coefficient (Wildman–Crippen LogP) is 1.73. The summed E-state index contributed by atoms with van der Waals surface area (Å²) in [6, 6.07) is 1.75. The molecule has 1 heterocycles. The van der Waals surface area contributed by atoms with E-state index in [9.17, 15) is 0 Å². The van der Waals surface area contributed by atoms with Crippen molar-refractivity contribution in [2.75, 3.05) is 33.2 Å². The van der Waals surface area contributed by atoms with E-state index in [-0.39, 0.29) is 0 Å². The van der Waals surface area contributed by atoms with E-state index in [2.05, 4.69) is 16.8 Å². The Hall–Kier alpha value is -0.0800. The Labute approximate surface area is 81.9 Å². The lowest BCUT2D eigenvalue weighted by atomic mass is 9.94. The molecule has 1 saturated carbocycles. The average Bonchev–Trinajstić information content (AvgIpc) is 2.20. The number of hydrogen-bond acceptors (Lipinski definition) is 2. The maximum Gasteiger partial charge on any atom is 0.0394 e. The normalized spacial score (nSPS) is 29.3. The van der Waals surface area contributed by atoms with Gasteiger partial charge in [0.15, 0.2) is 0 Å². The molecule has 0 aromatic rings. The standard InChI is InChI=1S/C11H21N2/c1-12-7-9-13(10-8-12)11-5-3-2-4-6-11/h2-10H2,1H3. The van der Waals surface area contributed by atoms with Crippen LogP contribution >= 0.6 is 0 Å². The lowest BCUT2D eigenvalue weighted by Crippen LogP contribution is -2.46. The van der Waals surface area contributed by atoms with Gasteiger partial charge in [-0.15, -0.1) is 0 Å². The van der Waals surface area contributed by atoms with Crippen LogP contribution in [0.3, 0.4) is 0 Å². The van der Waals surface area contributed by atoms with E-state index in [1.807, 2.05) is 0 Å². The Morgan fingerprint density at radius 3 is 2.08 bits per heavy atom. The van der Waals surface area contributed by atoms with Crippen molar-refractivity contribution in [3.63, 3.8) is 0 Å². The molecule has 0 spiro atoms. The highest BCUT2D eigenvalue weighted by Gasteiger charge is 2.24. The van der Waals surface area contributed by atoms with E-state index in [4.69, 9.17) is 0 Å². The Bertz CT molecular complexity index is 144. The molecule has 2 heteroatoms. The van der Waals surface area contributed by atoms with Crippen LogP contribution in [0.4, 0.5) is 0 Å². The third kappa shape index (κ3) is 2.44. The molecular formula is C11H21N2. The molecule has 0 atom stereocenters. The molecule has 13 heavy (non-hydrogen) atoms. The second-order valence-corrected chi connectivity index (χ2v) is 4.42. The summed E-state index contributed by atoms with van der Waals surface area (Å²) in [5.41, 5.74) is 0. The number of rotatable bonds is 1. The first-order valence-corrected chi connectivity index (χ1v) is 5.64. The topological polar surface area (TPSA) is 6.48 Å². The quantitative estimate of drug-likeness (QED) is 0.608. The Kier molecular flexibility index (Phi) is 3.23. The molecule has 0 bridgehead atoms. The minimum atomic E-state index is 1.25. The Morgan fingerprint density at radius 1 is 0.846 bits per heavy atom. The molecule has 2 rings (SSSR count). The molecule has 1 aliphatic carbocycles. The highest BCUT2D eigenvalue weighted by atomic mass is 15.3. The van der Waals surface area contributed by atoms with Crippen molar-refractivity contribution in [2.24, 2.45) is 0 Å². The van der Waals surface area contributed by atoms with Gasteiger partial charge in [-0.3, -0.25) is 4.90 Å². The zero-order valence-corrected chi connectivity index (χ0v) is 8.76. The molecule has 2 aliphatic rings. The highest BCUT2D eigenvalue weighted by Crippen LogP contribution is 2.29. The maximum absolute atomic E-state index is 2.64. The highest BCUT2D eigenvalue weighted by molar-refractivity contribution is 4.94. The fourth-order valence-corrected chi connectivity index (χ4v) is 2.40. The second kappa shape index (κ2) is 4.43. The van der Waals surface area contributed by atoms with Gasteiger partial charge in [-0.25, -0.2) is 0 Å². The number of likely N-dealkylation sites (N-methyl/N-ethyl adjacent to an activating group) is 1. The SMILES string of the molecule is CN1CCN([C]2CCCCC2)CC1. The van der Waals surface area contributed by atoms with Gasteiger partial charge >= 0.3 is 0 Å². The van der Waals surface area contributed by atoms with E-state index in [0.717, 1.165) is 0 Å². The minimum Gasteiger partial charge on any atom is -0.304 e. The molecule has 0 N–H and O–H groups in total. The van der Waals surface area contributed by atoms with Crippen molar-refractivity contribution in [3.05, 3.63) is 6.04 Å². The Morgan fingerprint density at radius 2 is 1.46 bits per heavy atom. The van der Waals surface area contributed by atoms with Gasteiger partial charge in [0, 0.05) is 32.2 Å². The van der Waals surface area contributed by atoms with Crippen molar-refractivity contribution >= 4 is 0 Å². The van der Waals surface area contributed by atoms with Gasteiger partial charge in [0.1, 0.15) is 0 Å². The lowest BCUT2D eigenvalue weighted by molar-refractivity contribution is 0.142. The van der Waals surface area contributed by atoms with Crippen LogP contribution in [-0.4, -0.2) is 43.0 Å². The minimum absolute atomic E-state index is 1.25. The van der Waals surface area contributed by atoms with Crippen LogP contribution in [0.2, 0.25) is 0 Å². The van der Waals surface area contributed by atoms with E-state index in [1.54, 1.807) is 6.04 Å². The smallest absolute Gasteiger partial charge is 0.0394 e. The molecular weight excluding hydrogens is 160 g/mol. The summed E-state index contributed by atoms with van der Waals surface area (Å²) in [6.45, 7) is 5.05. The second-order valence-electron chi connectivity index (χ2n) is 4.42. The number of nitrogens with zero attached hydrogens (tertiary/aromatic N) is 2. The molecule has 2 nitrogen and oxygen atoms in total. The first kappa shape index (κ1) is 9.47. The summed E-state index contributed by atoms with van der Waals surface area (Å²) >= 11 is 0. The van der Waals surface area contributed by atoms with Crippen molar-refractivity contribution < 1.29 is 0 Å². The fourth-order valence-electron chi connectivity index (χ4n) is 2.40. The van der Waals surface area contributed by atoms with Crippen molar-refractivity contribution in [3.8, 4) is 0 Å². The largest absolute Gasteiger partial charge is 0.304 e. The van der Waals surface area contributed by atoms with Gasteiger partial charge in [0.05, 0.1) is 0 Å². The van der Waals surface area contributed by atoms with Gasteiger partial charge in [0.2, 0.25) is 0 Å². The van der Waals surface area contributed by atoms with E-state index >= 15 is 0 Å². The molecule has 2 fully saturated rings. The van der Waals surface area contributed by atoms with Crippen LogP contribution in [-0.2, 0) is 0 Å². The summed E-state index contributed by atoms with van der Waals surface area (Å²) in [6.07, 6.45) is 7.08. The summed E-state index contributed by atoms with van der Waals surface area (Å²) in [4.78, 5) is 5.07. The van der Waals surface area contributed by atoms with Crippen LogP contribution in [0, 0.1) is 6.04 Å². The van der Waals surface area contributed by atoms with Gasteiger partial charge < -0.3 is 4.90 Å². The van der Waals surface area contributed by atoms with Gasteiger partial charge in [-0.1, -0.05) is 19.3 Å². The van der Waals surface area contributed by atoms with Gasteiger partial charge in [0.25, 0.3) is 0 Å². The van der Waals surface area contributed by atoms with Crippen LogP contribution in [0.5, 0.6) is 0 Å². The van der Waals surface area contributed by atoms with Crippen molar-refractivity contribution in [1.82, 2.24) is 9.80 Å². The van der Waals surface area contributed by atoms with Gasteiger partial charge in [-0.2, -0.15) is 0 Å². The molecule has 1 saturated heterocycles. The summed E-state index contributed by atoms with van der Waals surface area (Å²) in [5, 5.41) is 0. The first-order chi connectivity index (χ1) is 6.36. The van der Waals surface area contributed by atoms with Crippen LogP contribution in [0.1, 0.15) is 32.1 Å². The third-order valence-electron chi connectivity index (χ3n) is 3.38. The van der Waals surface area contributed by atoms with Crippen LogP contribution in [0.15, 0.2) is 0 Å². The lowest BCUT2D eigenvalue weighted by Gasteiger charge is -2.39. The van der Waals surface area contributed by atoms with E-state index < -0.39 is 0 Å². The zero-order valence-electron chi connectivity index (χ0n) is 8.76. The molecule has 0 aromatic carbocycles. The maximum atomic E-state index is 2.64. The first-order valence-electron chi connectivity index (χ1n) is 5.64. The number of piperazine rings is 1.